The van der Waals surface area contributed by atoms with Crippen molar-refractivity contribution in [1.29, 1.82) is 0 Å². The normalized spacial score (nSPS) is 16.8. The lowest BCUT2D eigenvalue weighted by molar-refractivity contribution is 1.55. The van der Waals surface area contributed by atoms with Gasteiger partial charge >= 0.3 is 0 Å². The molecule has 0 fully saturated rings. The van der Waals surface area contributed by atoms with Gasteiger partial charge in [-0.2, -0.15) is 9.21 Å². The topological polar surface area (TPSA) is 0 Å². The van der Waals surface area contributed by atoms with Crippen molar-refractivity contribution in [1.82, 2.24) is 0 Å². The smallest absolute Gasteiger partial charge is 0.0122 e. The minimum Gasteiger partial charge on any atom is -0.167 e. The van der Waals surface area contributed by atoms with Gasteiger partial charge < -0.3 is 0 Å². The molecule has 0 unspecified atom stereocenters. The first kappa shape index (κ1) is 8.64. The number of hydrogen-bond acceptors (Lipinski definition) is 0. The SMILES string of the molecule is CC=S1(=CC)C=c2ccccc2=C1. The highest BCUT2D eigenvalue weighted by atomic mass is 32.2. The van der Waals surface area contributed by atoms with E-state index in [-0.39, 0.29) is 0 Å². The molecule has 1 heteroatoms. The summed E-state index contributed by atoms with van der Waals surface area (Å²) in [5.41, 5.74) is 0. The molecule has 0 amide bonds. The van der Waals surface area contributed by atoms with Gasteiger partial charge in [-0.15, -0.1) is 0 Å². The molecule has 0 spiro atoms. The Morgan fingerprint density at radius 3 is 1.77 bits per heavy atom. The Kier molecular flexibility index (Phi) is 2.04. The van der Waals surface area contributed by atoms with Crippen LogP contribution in [0, 0.1) is 0 Å². The van der Waals surface area contributed by atoms with Crippen molar-refractivity contribution in [3.63, 3.8) is 0 Å². The van der Waals surface area contributed by atoms with Crippen LogP contribution in [0.5, 0.6) is 0 Å². The van der Waals surface area contributed by atoms with Crippen LogP contribution in [0.1, 0.15) is 13.8 Å². The van der Waals surface area contributed by atoms with Crippen LogP contribution >= 0.6 is 9.21 Å². The van der Waals surface area contributed by atoms with Gasteiger partial charge in [0.15, 0.2) is 0 Å². The Labute approximate surface area is 79.7 Å². The van der Waals surface area contributed by atoms with E-state index in [1.165, 1.54) is 10.4 Å². The second kappa shape index (κ2) is 3.08. The standard InChI is InChI=1S/C12H14S/c1-3-13(4-2)9-11-7-5-6-8-12(11)10-13/h3-10H,1-2H3. The average molecular weight is 190 g/mol. The molecule has 13 heavy (non-hydrogen) atoms. The van der Waals surface area contributed by atoms with Gasteiger partial charge in [0, 0.05) is 0 Å². The summed E-state index contributed by atoms with van der Waals surface area (Å²) in [6.07, 6.45) is 0. The maximum Gasteiger partial charge on any atom is -0.0122 e. The molecule has 1 aliphatic heterocycles. The lowest BCUT2D eigenvalue weighted by atomic mass is 10.3. The maximum absolute atomic E-state index is 2.39. The van der Waals surface area contributed by atoms with Crippen LogP contribution < -0.4 is 10.4 Å². The molecule has 1 heterocycles. The van der Waals surface area contributed by atoms with E-state index in [2.05, 4.69) is 59.7 Å². The van der Waals surface area contributed by atoms with E-state index in [1.54, 1.807) is 0 Å². The van der Waals surface area contributed by atoms with Crippen molar-refractivity contribution in [3.05, 3.63) is 34.7 Å². The third-order valence-corrected chi connectivity index (χ3v) is 5.43. The average Bonchev–Trinajstić information content (AvgIpc) is 2.57. The highest BCUT2D eigenvalue weighted by molar-refractivity contribution is 8.40. The molecule has 0 bridgehead atoms. The van der Waals surface area contributed by atoms with Crippen molar-refractivity contribution in [2.75, 3.05) is 0 Å². The summed E-state index contributed by atoms with van der Waals surface area (Å²) in [7, 11) is -0.796. The Morgan fingerprint density at radius 2 is 1.38 bits per heavy atom. The molecule has 0 aromatic heterocycles. The van der Waals surface area contributed by atoms with Gasteiger partial charge in [-0.1, -0.05) is 35.0 Å². The monoisotopic (exact) mass is 190 g/mol. The molecule has 0 saturated carbocycles. The van der Waals surface area contributed by atoms with Crippen LogP contribution in [0.2, 0.25) is 0 Å². The van der Waals surface area contributed by atoms with Crippen molar-refractivity contribution >= 4 is 30.8 Å². The van der Waals surface area contributed by atoms with Gasteiger partial charge in [0.05, 0.1) is 0 Å². The van der Waals surface area contributed by atoms with Gasteiger partial charge in [-0.25, -0.2) is 0 Å². The molecule has 1 aromatic rings. The van der Waals surface area contributed by atoms with Crippen LogP contribution in [0.3, 0.4) is 0 Å². The summed E-state index contributed by atoms with van der Waals surface area (Å²) in [5, 5.41) is 12.2. The maximum atomic E-state index is 2.39. The van der Waals surface area contributed by atoms with E-state index >= 15 is 0 Å². The van der Waals surface area contributed by atoms with Crippen molar-refractivity contribution < 1.29 is 0 Å². The van der Waals surface area contributed by atoms with Crippen LogP contribution in [-0.2, 0) is 0 Å². The molecule has 1 aliphatic rings. The van der Waals surface area contributed by atoms with Gasteiger partial charge in [-0.3, -0.25) is 0 Å². The largest absolute Gasteiger partial charge is 0.167 e. The van der Waals surface area contributed by atoms with E-state index in [1.807, 2.05) is 0 Å². The van der Waals surface area contributed by atoms with Crippen LogP contribution in [0.4, 0.5) is 0 Å². The van der Waals surface area contributed by atoms with Crippen LogP contribution in [-0.4, -0.2) is 10.7 Å². The second-order valence-corrected chi connectivity index (χ2v) is 6.20. The quantitative estimate of drug-likeness (QED) is 0.545. The Hall–Kier alpha value is -0.950. The van der Waals surface area contributed by atoms with Gasteiger partial charge in [0.25, 0.3) is 0 Å². The van der Waals surface area contributed by atoms with Crippen LogP contribution in [0.25, 0.3) is 10.8 Å². The third-order valence-electron chi connectivity index (χ3n) is 2.47. The first-order chi connectivity index (χ1) is 6.29. The molecule has 0 aliphatic carbocycles. The first-order valence-corrected chi connectivity index (χ1v) is 6.39. The third kappa shape index (κ3) is 1.33. The summed E-state index contributed by atoms with van der Waals surface area (Å²) in [6, 6.07) is 8.58. The number of benzene rings is 1. The van der Waals surface area contributed by atoms with Crippen molar-refractivity contribution in [3.8, 4) is 0 Å². The highest BCUT2D eigenvalue weighted by Gasteiger charge is 1.99. The van der Waals surface area contributed by atoms with Gasteiger partial charge in [-0.05, 0) is 35.1 Å². The van der Waals surface area contributed by atoms with E-state index in [0.29, 0.717) is 0 Å². The fourth-order valence-electron chi connectivity index (χ4n) is 1.61. The Bertz CT molecular complexity index is 498. The van der Waals surface area contributed by atoms with E-state index in [0.717, 1.165) is 0 Å². The van der Waals surface area contributed by atoms with Crippen molar-refractivity contribution in [2.24, 2.45) is 0 Å². The Balaban J connectivity index is 2.94. The summed E-state index contributed by atoms with van der Waals surface area (Å²) in [6.45, 7) is 4.29. The summed E-state index contributed by atoms with van der Waals surface area (Å²) >= 11 is 0. The molecule has 68 valence electrons. The predicted molar refractivity (Wildman–Crippen MR) is 65.7 cm³/mol. The highest BCUT2D eigenvalue weighted by Crippen LogP contribution is 2.28. The molecule has 2 rings (SSSR count). The number of hydrogen-bond donors (Lipinski definition) is 0. The summed E-state index contributed by atoms with van der Waals surface area (Å²) in [5.74, 6) is 0. The van der Waals surface area contributed by atoms with Crippen molar-refractivity contribution in [2.45, 2.75) is 13.8 Å². The molecular weight excluding hydrogens is 176 g/mol. The van der Waals surface area contributed by atoms with Crippen LogP contribution in [0.15, 0.2) is 24.3 Å². The second-order valence-electron chi connectivity index (χ2n) is 3.15. The fraction of sp³-hybridized carbons (Fsp3) is 0.167. The molecule has 1 aromatic carbocycles. The lowest BCUT2D eigenvalue weighted by Gasteiger charge is -2.00. The summed E-state index contributed by atoms with van der Waals surface area (Å²) in [4.78, 5) is 0. The molecule has 0 radical (unpaired) electrons. The van der Waals surface area contributed by atoms with E-state index < -0.39 is 9.21 Å². The zero-order valence-electron chi connectivity index (χ0n) is 8.03. The predicted octanol–water partition coefficient (Wildman–Crippen LogP) is 1.62. The molecule has 0 saturated heterocycles. The molecule has 0 nitrogen and oxygen atoms in total. The van der Waals surface area contributed by atoms with E-state index in [4.69, 9.17) is 0 Å². The van der Waals surface area contributed by atoms with Gasteiger partial charge in [0.2, 0.25) is 0 Å². The number of fused-ring (bicyclic) bond motifs is 1. The summed E-state index contributed by atoms with van der Waals surface area (Å²) < 4.78 is 0. The molecule has 0 N–H and O–H groups in total. The van der Waals surface area contributed by atoms with E-state index in [9.17, 15) is 0 Å². The first-order valence-electron chi connectivity index (χ1n) is 4.50. The molecular formula is C12H14S. The molecule has 0 atom stereocenters. The fourth-order valence-corrected chi connectivity index (χ4v) is 3.80. The Morgan fingerprint density at radius 1 is 0.923 bits per heavy atom. The minimum atomic E-state index is -0.796. The minimum absolute atomic E-state index is 0.796. The lowest BCUT2D eigenvalue weighted by Crippen LogP contribution is -2.19. The number of rotatable bonds is 0. The van der Waals surface area contributed by atoms with Gasteiger partial charge in [0.1, 0.15) is 0 Å². The zero-order valence-corrected chi connectivity index (χ0v) is 8.84. The zero-order chi connectivity index (χ0) is 9.31.